The maximum Gasteiger partial charge on any atom is 0.257 e. The topological polar surface area (TPSA) is 67.9 Å². The summed E-state index contributed by atoms with van der Waals surface area (Å²) in [7, 11) is 1.56. The monoisotopic (exact) mass is 436 g/mol. The number of rotatable bonds is 5. The second kappa shape index (κ2) is 9.32. The molecule has 4 rings (SSSR count). The first-order chi connectivity index (χ1) is 15.1. The second-order valence-electron chi connectivity index (χ2n) is 7.22. The van der Waals surface area contributed by atoms with Crippen LogP contribution in [-0.2, 0) is 4.74 Å². The SMILES string of the molecule is COc1cccc(C(=O)Nc2sc(-c3ccccc3)c(C)c2C(=O)N2CCOCC2)c1. The summed E-state index contributed by atoms with van der Waals surface area (Å²) in [6, 6.07) is 16.9. The minimum atomic E-state index is -0.282. The van der Waals surface area contributed by atoms with Crippen LogP contribution in [0, 0.1) is 6.92 Å². The van der Waals surface area contributed by atoms with Gasteiger partial charge < -0.3 is 19.7 Å². The van der Waals surface area contributed by atoms with Gasteiger partial charge in [-0.2, -0.15) is 0 Å². The number of benzene rings is 2. The van der Waals surface area contributed by atoms with Crippen molar-refractivity contribution in [3.63, 3.8) is 0 Å². The summed E-state index contributed by atoms with van der Waals surface area (Å²) in [6.45, 7) is 4.06. The molecule has 2 aromatic carbocycles. The van der Waals surface area contributed by atoms with Gasteiger partial charge in [-0.05, 0) is 36.2 Å². The quantitative estimate of drug-likeness (QED) is 0.641. The third-order valence-corrected chi connectivity index (χ3v) is 6.51. The van der Waals surface area contributed by atoms with Crippen molar-refractivity contribution in [2.24, 2.45) is 0 Å². The highest BCUT2D eigenvalue weighted by Crippen LogP contribution is 2.40. The molecule has 0 spiro atoms. The number of carbonyl (C=O) groups is 2. The van der Waals surface area contributed by atoms with Gasteiger partial charge in [0.05, 0.1) is 25.9 Å². The van der Waals surface area contributed by atoms with Crippen LogP contribution in [0.5, 0.6) is 5.75 Å². The first kappa shape index (κ1) is 21.1. The predicted octanol–water partition coefficient (Wildman–Crippen LogP) is 4.46. The van der Waals surface area contributed by atoms with Crippen LogP contribution in [0.1, 0.15) is 26.3 Å². The number of morpholine rings is 1. The molecule has 7 heteroatoms. The fraction of sp³-hybridized carbons (Fsp3) is 0.250. The minimum absolute atomic E-state index is 0.0832. The lowest BCUT2D eigenvalue weighted by molar-refractivity contribution is 0.0303. The normalized spacial score (nSPS) is 13.7. The van der Waals surface area contributed by atoms with Crippen molar-refractivity contribution < 1.29 is 19.1 Å². The smallest absolute Gasteiger partial charge is 0.257 e. The number of ether oxygens (including phenoxy) is 2. The van der Waals surface area contributed by atoms with E-state index in [-0.39, 0.29) is 11.8 Å². The molecule has 2 amide bonds. The lowest BCUT2D eigenvalue weighted by atomic mass is 10.1. The number of amides is 2. The van der Waals surface area contributed by atoms with Crippen LogP contribution in [0.2, 0.25) is 0 Å². The van der Waals surface area contributed by atoms with E-state index >= 15 is 0 Å². The summed E-state index contributed by atoms with van der Waals surface area (Å²) in [5, 5.41) is 3.53. The highest BCUT2D eigenvalue weighted by Gasteiger charge is 2.28. The summed E-state index contributed by atoms with van der Waals surface area (Å²) in [4.78, 5) is 29.2. The van der Waals surface area contributed by atoms with Crippen molar-refractivity contribution in [1.82, 2.24) is 4.90 Å². The maximum atomic E-state index is 13.4. The Morgan fingerprint density at radius 3 is 2.52 bits per heavy atom. The molecule has 1 aromatic heterocycles. The van der Waals surface area contributed by atoms with Crippen molar-refractivity contribution in [3.8, 4) is 16.2 Å². The molecule has 1 fully saturated rings. The number of thiophene rings is 1. The Balaban J connectivity index is 1.72. The van der Waals surface area contributed by atoms with Crippen molar-refractivity contribution in [2.75, 3.05) is 38.7 Å². The summed E-state index contributed by atoms with van der Waals surface area (Å²) in [6.07, 6.45) is 0. The van der Waals surface area contributed by atoms with Gasteiger partial charge in [0.15, 0.2) is 0 Å². The third-order valence-electron chi connectivity index (χ3n) is 5.25. The highest BCUT2D eigenvalue weighted by atomic mass is 32.1. The lowest BCUT2D eigenvalue weighted by Crippen LogP contribution is -2.41. The summed E-state index contributed by atoms with van der Waals surface area (Å²) in [5.74, 6) is 0.237. The third kappa shape index (κ3) is 4.47. The molecule has 31 heavy (non-hydrogen) atoms. The van der Waals surface area contributed by atoms with Gasteiger partial charge in [-0.3, -0.25) is 9.59 Å². The Bertz CT molecular complexity index is 1090. The predicted molar refractivity (Wildman–Crippen MR) is 122 cm³/mol. The van der Waals surface area contributed by atoms with Crippen LogP contribution < -0.4 is 10.1 Å². The van der Waals surface area contributed by atoms with Crippen LogP contribution >= 0.6 is 11.3 Å². The van der Waals surface area contributed by atoms with E-state index in [1.165, 1.54) is 11.3 Å². The van der Waals surface area contributed by atoms with Crippen molar-refractivity contribution in [2.45, 2.75) is 6.92 Å². The average Bonchev–Trinajstić information content (AvgIpc) is 3.15. The number of nitrogens with zero attached hydrogens (tertiary/aromatic N) is 1. The van der Waals surface area contributed by atoms with Gasteiger partial charge in [-0.25, -0.2) is 0 Å². The molecule has 0 atom stereocenters. The highest BCUT2D eigenvalue weighted by molar-refractivity contribution is 7.20. The van der Waals surface area contributed by atoms with E-state index in [2.05, 4.69) is 5.32 Å². The molecule has 0 radical (unpaired) electrons. The number of hydrogen-bond acceptors (Lipinski definition) is 5. The van der Waals surface area contributed by atoms with Crippen molar-refractivity contribution in [1.29, 1.82) is 0 Å². The standard InChI is InChI=1S/C24H24N2O4S/c1-16-20(24(28)26-11-13-30-14-12-26)23(31-21(16)17-7-4-3-5-8-17)25-22(27)18-9-6-10-19(15-18)29-2/h3-10,15H,11-14H2,1-2H3,(H,25,27). The van der Waals surface area contributed by atoms with Gasteiger partial charge in [0.2, 0.25) is 0 Å². The Hall–Kier alpha value is -3.16. The van der Waals surface area contributed by atoms with Crippen LogP contribution in [0.3, 0.4) is 0 Å². The van der Waals surface area contributed by atoms with Gasteiger partial charge in [0.1, 0.15) is 10.8 Å². The lowest BCUT2D eigenvalue weighted by Gasteiger charge is -2.27. The molecular formula is C24H24N2O4S. The van der Waals surface area contributed by atoms with Gasteiger partial charge in [-0.15, -0.1) is 11.3 Å². The zero-order valence-electron chi connectivity index (χ0n) is 17.5. The maximum absolute atomic E-state index is 13.4. The number of hydrogen-bond donors (Lipinski definition) is 1. The molecule has 160 valence electrons. The first-order valence-corrected chi connectivity index (χ1v) is 10.9. The Labute approximate surface area is 185 Å². The van der Waals surface area contributed by atoms with Gasteiger partial charge in [0.25, 0.3) is 11.8 Å². The largest absolute Gasteiger partial charge is 0.497 e. The summed E-state index contributed by atoms with van der Waals surface area (Å²) >= 11 is 1.42. The summed E-state index contributed by atoms with van der Waals surface area (Å²) < 4.78 is 10.6. The van der Waals surface area contributed by atoms with E-state index in [0.29, 0.717) is 48.2 Å². The molecule has 0 bridgehead atoms. The minimum Gasteiger partial charge on any atom is -0.497 e. The fourth-order valence-corrected chi connectivity index (χ4v) is 4.79. The Kier molecular flexibility index (Phi) is 6.34. The second-order valence-corrected chi connectivity index (χ2v) is 8.24. The van der Waals surface area contributed by atoms with Crippen LogP contribution in [0.15, 0.2) is 54.6 Å². The zero-order chi connectivity index (χ0) is 21.8. The molecule has 2 heterocycles. The molecule has 0 aliphatic carbocycles. The zero-order valence-corrected chi connectivity index (χ0v) is 18.3. The van der Waals surface area contributed by atoms with Gasteiger partial charge in [-0.1, -0.05) is 36.4 Å². The van der Waals surface area contributed by atoms with Crippen molar-refractivity contribution in [3.05, 3.63) is 71.3 Å². The van der Waals surface area contributed by atoms with Gasteiger partial charge in [0, 0.05) is 23.5 Å². The van der Waals surface area contributed by atoms with E-state index in [1.807, 2.05) is 37.3 Å². The number of anilines is 1. The fourth-order valence-electron chi connectivity index (χ4n) is 3.59. The van der Waals surface area contributed by atoms with Crippen LogP contribution in [-0.4, -0.2) is 50.1 Å². The first-order valence-electron chi connectivity index (χ1n) is 10.1. The van der Waals surface area contributed by atoms with Crippen LogP contribution in [0.25, 0.3) is 10.4 Å². The van der Waals surface area contributed by atoms with E-state index in [0.717, 1.165) is 16.0 Å². The molecule has 1 aliphatic heterocycles. The molecule has 3 aromatic rings. The van der Waals surface area contributed by atoms with E-state index < -0.39 is 0 Å². The van der Waals surface area contributed by atoms with E-state index in [4.69, 9.17) is 9.47 Å². The number of carbonyl (C=O) groups excluding carboxylic acids is 2. The molecular weight excluding hydrogens is 412 g/mol. The molecule has 0 unspecified atom stereocenters. The number of methoxy groups -OCH3 is 1. The molecule has 1 saturated heterocycles. The van der Waals surface area contributed by atoms with Crippen LogP contribution in [0.4, 0.5) is 5.00 Å². The molecule has 1 N–H and O–H groups in total. The summed E-state index contributed by atoms with van der Waals surface area (Å²) in [5.41, 5.74) is 2.90. The van der Waals surface area contributed by atoms with Gasteiger partial charge >= 0.3 is 0 Å². The Morgan fingerprint density at radius 2 is 1.81 bits per heavy atom. The van der Waals surface area contributed by atoms with Crippen molar-refractivity contribution >= 4 is 28.2 Å². The average molecular weight is 437 g/mol. The van der Waals surface area contributed by atoms with E-state index in [1.54, 1.807) is 36.3 Å². The Morgan fingerprint density at radius 1 is 1.06 bits per heavy atom. The molecule has 0 saturated carbocycles. The molecule has 6 nitrogen and oxygen atoms in total. The number of nitrogens with one attached hydrogen (secondary N) is 1. The van der Waals surface area contributed by atoms with E-state index in [9.17, 15) is 9.59 Å². The molecule has 1 aliphatic rings.